The van der Waals surface area contributed by atoms with E-state index in [0.29, 0.717) is 41.8 Å². The Morgan fingerprint density at radius 3 is 2.26 bits per heavy atom. The quantitative estimate of drug-likeness (QED) is 0.243. The molecule has 2 heterocycles. The lowest BCUT2D eigenvalue weighted by atomic mass is 10.1. The van der Waals surface area contributed by atoms with Gasteiger partial charge >= 0.3 is 12.2 Å². The van der Waals surface area contributed by atoms with Gasteiger partial charge in [0.15, 0.2) is 22.2 Å². The summed E-state index contributed by atoms with van der Waals surface area (Å²) in [5.74, 6) is 0.660. The van der Waals surface area contributed by atoms with Crippen molar-refractivity contribution >= 4 is 33.2 Å². The van der Waals surface area contributed by atoms with E-state index >= 15 is 0 Å². The van der Waals surface area contributed by atoms with Gasteiger partial charge in [-0.25, -0.2) is 8.42 Å². The van der Waals surface area contributed by atoms with Crippen LogP contribution in [0.3, 0.4) is 0 Å². The molecule has 1 saturated heterocycles. The molecule has 1 aromatic heterocycles. The number of hydrogen-bond donors (Lipinski definition) is 1. The predicted molar refractivity (Wildman–Crippen MR) is 165 cm³/mol. The number of hydrogen-bond acceptors (Lipinski definition) is 9. The number of anilines is 1. The third-order valence-electron chi connectivity index (χ3n) is 9.52. The number of likely N-dealkylation sites (tertiary alicyclic amines) is 1. The van der Waals surface area contributed by atoms with Crippen LogP contribution in [-0.2, 0) is 21.8 Å². The largest absolute Gasteiger partial charge is 0.454 e. The Labute approximate surface area is 269 Å². The molecule has 0 bridgehead atoms. The maximum atomic E-state index is 13.3. The molecule has 0 amide bonds. The van der Waals surface area contributed by atoms with Gasteiger partial charge in [-0.2, -0.15) is 28.1 Å². The SMILES string of the molecule is O=C(CS(=O)(=O)C1(CN2CC3CC3C2)CC1)c1ccc(Cc2nc(NC3(c4ccc(Cl)cc4)CC3)nc(OCC(F)(F)F)n2)cc1. The van der Waals surface area contributed by atoms with Gasteiger partial charge in [-0.15, -0.1) is 0 Å². The molecule has 1 aliphatic heterocycles. The Balaban J connectivity index is 1.03. The van der Waals surface area contributed by atoms with E-state index in [-0.39, 0.29) is 23.8 Å². The Hall–Kier alpha value is -3.29. The first-order valence-electron chi connectivity index (χ1n) is 15.4. The van der Waals surface area contributed by atoms with E-state index in [4.69, 9.17) is 16.3 Å². The Morgan fingerprint density at radius 2 is 1.65 bits per heavy atom. The molecule has 1 N–H and O–H groups in total. The lowest BCUT2D eigenvalue weighted by molar-refractivity contribution is -0.154. The highest BCUT2D eigenvalue weighted by atomic mass is 35.5. The zero-order chi connectivity index (χ0) is 32.3. The van der Waals surface area contributed by atoms with E-state index in [2.05, 4.69) is 25.2 Å². The lowest BCUT2D eigenvalue weighted by Crippen LogP contribution is -2.40. The fourth-order valence-corrected chi connectivity index (χ4v) is 8.52. The molecule has 4 fully saturated rings. The topological polar surface area (TPSA) is 114 Å². The van der Waals surface area contributed by atoms with Crippen LogP contribution in [0.1, 0.15) is 59.4 Å². The maximum absolute atomic E-state index is 13.3. The minimum atomic E-state index is -4.58. The summed E-state index contributed by atoms with van der Waals surface area (Å²) in [5.41, 5.74) is 1.40. The van der Waals surface area contributed by atoms with Crippen LogP contribution in [-0.4, -0.2) is 77.0 Å². The average Bonchev–Trinajstić information content (AvgIpc) is 3.94. The molecule has 244 valence electrons. The summed E-state index contributed by atoms with van der Waals surface area (Å²) in [7, 11) is -3.63. The summed E-state index contributed by atoms with van der Waals surface area (Å²) in [6.45, 7) is 0.857. The van der Waals surface area contributed by atoms with Crippen LogP contribution in [0, 0.1) is 11.8 Å². The number of rotatable bonds is 13. The number of ketones is 1. The lowest BCUT2D eigenvalue weighted by Gasteiger charge is -2.24. The zero-order valence-electron chi connectivity index (χ0n) is 24.9. The number of carbonyl (C=O) groups is 1. The van der Waals surface area contributed by atoms with Crippen LogP contribution in [0.2, 0.25) is 5.02 Å². The molecule has 14 heteroatoms. The van der Waals surface area contributed by atoms with Gasteiger partial charge in [-0.3, -0.25) is 4.79 Å². The highest BCUT2D eigenvalue weighted by Crippen LogP contribution is 2.50. The number of nitrogens with one attached hydrogen (secondary N) is 1. The average molecular weight is 676 g/mol. The smallest absolute Gasteiger partial charge is 0.422 e. The van der Waals surface area contributed by atoms with Gasteiger partial charge < -0.3 is 15.0 Å². The van der Waals surface area contributed by atoms with Crippen LogP contribution < -0.4 is 10.1 Å². The number of ether oxygens (including phenoxy) is 1. The van der Waals surface area contributed by atoms with Crippen LogP contribution in [0.25, 0.3) is 0 Å². The fourth-order valence-electron chi connectivity index (χ4n) is 6.48. The Bertz CT molecular complexity index is 1740. The maximum Gasteiger partial charge on any atom is 0.422 e. The van der Waals surface area contributed by atoms with Crippen molar-refractivity contribution < 1.29 is 31.1 Å². The summed E-state index contributed by atoms with van der Waals surface area (Å²) in [5, 5.41) is 3.83. The second-order valence-corrected chi connectivity index (χ2v) is 16.0. The van der Waals surface area contributed by atoms with E-state index < -0.39 is 50.5 Å². The second-order valence-electron chi connectivity index (χ2n) is 13.2. The molecule has 0 spiro atoms. The first-order chi connectivity index (χ1) is 21.8. The van der Waals surface area contributed by atoms with Crippen molar-refractivity contribution in [2.75, 3.05) is 37.3 Å². The van der Waals surface area contributed by atoms with Crippen LogP contribution in [0.4, 0.5) is 19.1 Å². The standard InChI is InChI=1S/C32H33ClF3N5O4S/c33-25-7-5-24(6-8-25)31(11-12-31)40-28-37-27(38-29(39-28)45-19-32(34,35)36)13-20-1-3-21(4-2-20)26(42)17-46(43,44)30(9-10-30)18-41-15-22-14-23(22)16-41/h1-8,22-23H,9-19H2,(H,37,38,39,40). The van der Waals surface area contributed by atoms with Crippen molar-refractivity contribution in [3.8, 4) is 6.01 Å². The highest BCUT2D eigenvalue weighted by Gasteiger charge is 2.57. The van der Waals surface area contributed by atoms with E-state index in [1.807, 2.05) is 12.1 Å². The van der Waals surface area contributed by atoms with E-state index in [1.165, 1.54) is 6.42 Å². The second kappa shape index (κ2) is 11.4. The van der Waals surface area contributed by atoms with Crippen LogP contribution >= 0.6 is 11.6 Å². The number of alkyl halides is 3. The van der Waals surface area contributed by atoms with Gasteiger partial charge in [0.1, 0.15) is 11.6 Å². The van der Waals surface area contributed by atoms with Gasteiger partial charge in [0.25, 0.3) is 0 Å². The minimum absolute atomic E-state index is 0.0755. The van der Waals surface area contributed by atoms with Gasteiger partial charge in [0.05, 0.1) is 10.3 Å². The molecule has 0 radical (unpaired) electrons. The number of piperidine rings is 1. The zero-order valence-corrected chi connectivity index (χ0v) is 26.5. The number of aromatic nitrogens is 3. The third kappa shape index (κ3) is 6.86. The normalized spacial score (nSPS) is 22.6. The van der Waals surface area contributed by atoms with Crippen LogP contribution in [0.15, 0.2) is 48.5 Å². The molecule has 2 unspecified atom stereocenters. The highest BCUT2D eigenvalue weighted by molar-refractivity contribution is 7.93. The molecule has 3 saturated carbocycles. The summed E-state index contributed by atoms with van der Waals surface area (Å²) in [6, 6.07) is 13.2. The van der Waals surface area contributed by atoms with Crippen molar-refractivity contribution in [1.82, 2.24) is 19.9 Å². The molecule has 46 heavy (non-hydrogen) atoms. The first kappa shape index (κ1) is 31.3. The number of carbonyl (C=O) groups excluding carboxylic acids is 1. The van der Waals surface area contributed by atoms with E-state index in [1.54, 1.807) is 36.4 Å². The molecule has 4 aliphatic rings. The van der Waals surface area contributed by atoms with E-state index in [0.717, 1.165) is 31.5 Å². The number of benzene rings is 2. The Kier molecular flexibility index (Phi) is 7.79. The summed E-state index contributed by atoms with van der Waals surface area (Å²) in [4.78, 5) is 28.0. The summed E-state index contributed by atoms with van der Waals surface area (Å²) in [6.07, 6.45) is -0.517. The van der Waals surface area contributed by atoms with E-state index in [9.17, 15) is 26.4 Å². The van der Waals surface area contributed by atoms with Gasteiger partial charge in [-0.05, 0) is 67.2 Å². The van der Waals surface area contributed by atoms with Gasteiger partial charge in [0.2, 0.25) is 5.95 Å². The van der Waals surface area contributed by atoms with Crippen molar-refractivity contribution in [2.45, 2.75) is 55.0 Å². The number of nitrogens with zero attached hydrogens (tertiary/aromatic N) is 4. The predicted octanol–water partition coefficient (Wildman–Crippen LogP) is 5.24. The Morgan fingerprint density at radius 1 is 0.978 bits per heavy atom. The monoisotopic (exact) mass is 675 g/mol. The molecular formula is C32H33ClF3N5O4S. The van der Waals surface area contributed by atoms with Gasteiger partial charge in [0, 0.05) is 36.6 Å². The minimum Gasteiger partial charge on any atom is -0.454 e. The van der Waals surface area contributed by atoms with Crippen LogP contribution in [0.5, 0.6) is 6.01 Å². The number of fused-ring (bicyclic) bond motifs is 1. The van der Waals surface area contributed by atoms with Crippen molar-refractivity contribution in [2.24, 2.45) is 11.8 Å². The number of halogens is 4. The third-order valence-corrected chi connectivity index (χ3v) is 12.3. The molecule has 3 aromatic rings. The number of Topliss-reactive ketones (excluding diaryl/α,β-unsaturated/α-hetero) is 1. The number of sulfone groups is 1. The molecule has 2 atom stereocenters. The molecular weight excluding hydrogens is 643 g/mol. The summed E-state index contributed by atoms with van der Waals surface area (Å²) >= 11 is 6.03. The molecule has 9 nitrogen and oxygen atoms in total. The fraction of sp³-hybridized carbons (Fsp3) is 0.500. The summed E-state index contributed by atoms with van der Waals surface area (Å²) < 4.78 is 69.4. The van der Waals surface area contributed by atoms with Gasteiger partial charge in [-0.1, -0.05) is 48.0 Å². The van der Waals surface area contributed by atoms with Crippen molar-refractivity contribution in [3.63, 3.8) is 0 Å². The molecule has 7 rings (SSSR count). The first-order valence-corrected chi connectivity index (χ1v) is 17.4. The molecule has 2 aromatic carbocycles. The van der Waals surface area contributed by atoms with Crippen molar-refractivity contribution in [3.05, 3.63) is 76.1 Å². The molecule has 3 aliphatic carbocycles. The van der Waals surface area contributed by atoms with Crippen molar-refractivity contribution in [1.29, 1.82) is 0 Å².